The Morgan fingerprint density at radius 2 is 1.72 bits per heavy atom. The number of aliphatic hydroxyl groups is 3. The van der Waals surface area contributed by atoms with Crippen LogP contribution in [-0.2, 0) is 9.47 Å². The van der Waals surface area contributed by atoms with Gasteiger partial charge in [-0.1, -0.05) is 34.1 Å². The number of carbonyl (C=O) groups excluding carboxylic acids is 1. The first-order valence-corrected chi connectivity index (χ1v) is 17.7. The van der Waals surface area contributed by atoms with Crippen LogP contribution in [0.2, 0.25) is 0 Å². The van der Waals surface area contributed by atoms with Crippen LogP contribution in [0.3, 0.4) is 0 Å². The number of carbonyl (C=O) groups is 1. The molecule has 6 aliphatic rings. The summed E-state index contributed by atoms with van der Waals surface area (Å²) >= 11 is 0. The fraction of sp³-hybridized carbons (Fsp3) is 0.972. The van der Waals surface area contributed by atoms with Crippen molar-refractivity contribution >= 4 is 6.09 Å². The predicted octanol–water partition coefficient (Wildman–Crippen LogP) is 6.42. The van der Waals surface area contributed by atoms with E-state index in [1.807, 2.05) is 25.7 Å². The van der Waals surface area contributed by atoms with Gasteiger partial charge in [0.25, 0.3) is 0 Å². The van der Waals surface area contributed by atoms with Gasteiger partial charge in [-0.15, -0.1) is 0 Å². The van der Waals surface area contributed by atoms with E-state index < -0.39 is 5.60 Å². The molecule has 248 valence electrons. The summed E-state index contributed by atoms with van der Waals surface area (Å²) < 4.78 is 12.1. The highest BCUT2D eigenvalue weighted by molar-refractivity contribution is 5.68. The lowest BCUT2D eigenvalue weighted by molar-refractivity contribution is -0.137. The maximum Gasteiger partial charge on any atom is 0.410 e. The molecule has 43 heavy (non-hydrogen) atoms. The smallest absolute Gasteiger partial charge is 0.410 e. The van der Waals surface area contributed by atoms with E-state index in [1.54, 1.807) is 0 Å². The molecule has 5 saturated carbocycles. The van der Waals surface area contributed by atoms with Gasteiger partial charge in [0, 0.05) is 32.2 Å². The van der Waals surface area contributed by atoms with Crippen LogP contribution < -0.4 is 0 Å². The monoisotopic (exact) mass is 605 g/mol. The first-order chi connectivity index (χ1) is 20.2. The number of ether oxygens (including phenoxy) is 2. The SMILES string of the molecule is CCO[C@@H](CCC[C@H]1[C@H](O)CC2[C@@H]3CCC4C(C)(C)[C@@H](OC(=O)N5CCC5)CCC45[C@@H](C)[C@@]35CC[C@@]21C)C(C)(C)O.CO. The van der Waals surface area contributed by atoms with E-state index in [-0.39, 0.29) is 35.2 Å². The Hall–Kier alpha value is -0.890. The Kier molecular flexibility index (Phi) is 9.13. The van der Waals surface area contributed by atoms with Crippen molar-refractivity contribution in [3.05, 3.63) is 0 Å². The molecule has 2 spiro atoms. The molecule has 1 aliphatic heterocycles. The Morgan fingerprint density at radius 3 is 2.33 bits per heavy atom. The van der Waals surface area contributed by atoms with E-state index in [1.165, 1.54) is 32.1 Å². The van der Waals surface area contributed by atoms with Crippen LogP contribution in [0, 0.1) is 51.2 Å². The number of rotatable bonds is 8. The topological polar surface area (TPSA) is 99.5 Å². The van der Waals surface area contributed by atoms with E-state index in [9.17, 15) is 15.0 Å². The molecule has 0 aromatic carbocycles. The van der Waals surface area contributed by atoms with Gasteiger partial charge in [-0.3, -0.25) is 0 Å². The van der Waals surface area contributed by atoms with Gasteiger partial charge in [0.05, 0.1) is 17.8 Å². The second-order valence-corrected chi connectivity index (χ2v) is 16.7. The number of likely N-dealkylation sites (tertiary alicyclic amines) is 1. The van der Waals surface area contributed by atoms with Crippen molar-refractivity contribution in [3.8, 4) is 0 Å². The maximum atomic E-state index is 12.8. The number of aliphatic hydroxyl groups excluding tert-OH is 2. The molecule has 1 amide bonds. The molecule has 1 saturated heterocycles. The Labute approximate surface area is 261 Å². The first-order valence-electron chi connectivity index (χ1n) is 17.7. The fourth-order valence-corrected chi connectivity index (χ4v) is 12.5. The number of amides is 1. The van der Waals surface area contributed by atoms with Crippen LogP contribution in [-0.4, -0.2) is 77.0 Å². The normalized spacial score (nSPS) is 44.8. The molecule has 7 nitrogen and oxygen atoms in total. The standard InChI is InChI=1S/C35H59NO5.CH4O/c1-8-40-29(32(5,6)39)12-9-11-24-26(37)21-25-23-13-14-27-31(3,4)28(41-30(38)36-19-10-20-36)15-16-35(27)22(2)34(23,35)18-17-33(24,25)7;1-2/h22-29,37,39H,8-21H2,1-7H3;2H,1H3/t22-,23-,24-,25?,26+,27?,28-,29-,33+,34-,35?;/m0./s1. The van der Waals surface area contributed by atoms with Crippen molar-refractivity contribution < 1.29 is 29.6 Å². The second-order valence-electron chi connectivity index (χ2n) is 16.7. The minimum Gasteiger partial charge on any atom is -0.446 e. The number of hydrogen-bond donors (Lipinski definition) is 3. The van der Waals surface area contributed by atoms with Crippen molar-refractivity contribution in [1.29, 1.82) is 0 Å². The number of fused-ring (bicyclic) bond motifs is 2. The summed E-state index contributed by atoms with van der Waals surface area (Å²) in [6, 6.07) is 0. The van der Waals surface area contributed by atoms with Crippen LogP contribution in [0.4, 0.5) is 4.79 Å². The lowest BCUT2D eigenvalue weighted by Crippen LogP contribution is -2.56. The van der Waals surface area contributed by atoms with Gasteiger partial charge < -0.3 is 29.7 Å². The molecule has 0 bridgehead atoms. The zero-order valence-electron chi connectivity index (χ0n) is 28.5. The number of hydrogen-bond acceptors (Lipinski definition) is 6. The average Bonchev–Trinajstić information content (AvgIpc) is 3.33. The molecular weight excluding hydrogens is 542 g/mol. The minimum absolute atomic E-state index is 0.00241. The van der Waals surface area contributed by atoms with E-state index in [0.717, 1.165) is 64.6 Å². The summed E-state index contributed by atoms with van der Waals surface area (Å²) in [6.45, 7) is 17.9. The Balaban J connectivity index is 0.00000180. The molecule has 0 aromatic rings. The molecule has 1 heterocycles. The van der Waals surface area contributed by atoms with Crippen molar-refractivity contribution in [1.82, 2.24) is 4.90 Å². The summed E-state index contributed by atoms with van der Waals surface area (Å²) in [5, 5.41) is 29.1. The largest absolute Gasteiger partial charge is 0.446 e. The van der Waals surface area contributed by atoms with Crippen molar-refractivity contribution in [2.45, 2.75) is 143 Å². The van der Waals surface area contributed by atoms with Gasteiger partial charge in [-0.05, 0) is 131 Å². The lowest BCUT2D eigenvalue weighted by Gasteiger charge is -2.59. The third kappa shape index (κ3) is 4.91. The number of nitrogens with zero attached hydrogens (tertiary/aromatic N) is 1. The molecule has 5 aliphatic carbocycles. The van der Waals surface area contributed by atoms with Crippen LogP contribution in [0.1, 0.15) is 119 Å². The predicted molar refractivity (Wildman–Crippen MR) is 168 cm³/mol. The summed E-state index contributed by atoms with van der Waals surface area (Å²) in [5.41, 5.74) is 0.127. The molecule has 0 radical (unpaired) electrons. The van der Waals surface area contributed by atoms with E-state index in [0.29, 0.717) is 41.1 Å². The van der Waals surface area contributed by atoms with Crippen molar-refractivity contribution in [3.63, 3.8) is 0 Å². The summed E-state index contributed by atoms with van der Waals surface area (Å²) in [7, 11) is 1.00. The van der Waals surface area contributed by atoms with E-state index in [4.69, 9.17) is 14.6 Å². The van der Waals surface area contributed by atoms with Gasteiger partial charge in [0.15, 0.2) is 0 Å². The summed E-state index contributed by atoms with van der Waals surface area (Å²) in [4.78, 5) is 14.7. The van der Waals surface area contributed by atoms with Gasteiger partial charge in [-0.25, -0.2) is 4.79 Å². The fourth-order valence-electron chi connectivity index (χ4n) is 12.5. The molecule has 6 rings (SSSR count). The maximum absolute atomic E-state index is 12.8. The van der Waals surface area contributed by atoms with Crippen molar-refractivity contribution in [2.24, 2.45) is 51.2 Å². The zero-order chi connectivity index (χ0) is 31.6. The molecule has 3 N–H and O–H groups in total. The average molecular weight is 606 g/mol. The van der Waals surface area contributed by atoms with Gasteiger partial charge >= 0.3 is 6.09 Å². The van der Waals surface area contributed by atoms with Crippen LogP contribution in [0.15, 0.2) is 0 Å². The third-order valence-electron chi connectivity index (χ3n) is 14.6. The Bertz CT molecular complexity index is 1010. The molecule has 0 aromatic heterocycles. The third-order valence-corrected chi connectivity index (χ3v) is 14.6. The highest BCUT2D eigenvalue weighted by atomic mass is 16.6. The minimum atomic E-state index is -0.844. The van der Waals surface area contributed by atoms with Crippen molar-refractivity contribution in [2.75, 3.05) is 26.8 Å². The van der Waals surface area contributed by atoms with Crippen LogP contribution in [0.25, 0.3) is 0 Å². The van der Waals surface area contributed by atoms with Crippen LogP contribution >= 0.6 is 0 Å². The lowest BCUT2D eigenvalue weighted by atomic mass is 9.46. The molecule has 3 unspecified atom stereocenters. The second kappa shape index (κ2) is 11.7. The quantitative estimate of drug-likeness (QED) is 0.295. The van der Waals surface area contributed by atoms with Gasteiger partial charge in [-0.2, -0.15) is 0 Å². The summed E-state index contributed by atoms with van der Waals surface area (Å²) in [5.74, 6) is 2.97. The molecular formula is C36H63NO6. The molecule has 7 heteroatoms. The van der Waals surface area contributed by atoms with Crippen LogP contribution in [0.5, 0.6) is 0 Å². The highest BCUT2D eigenvalue weighted by Crippen LogP contribution is 2.89. The van der Waals surface area contributed by atoms with Gasteiger partial charge in [0.2, 0.25) is 0 Å². The highest BCUT2D eigenvalue weighted by Gasteiger charge is 2.84. The van der Waals surface area contributed by atoms with Gasteiger partial charge in [0.1, 0.15) is 6.10 Å². The van der Waals surface area contributed by atoms with E-state index >= 15 is 0 Å². The summed E-state index contributed by atoms with van der Waals surface area (Å²) in [6.07, 6.45) is 11.7. The molecule has 11 atom stereocenters. The molecule has 6 fully saturated rings. The van der Waals surface area contributed by atoms with E-state index in [2.05, 4.69) is 27.7 Å². The first kappa shape index (κ1) is 33.5. The Morgan fingerprint density at radius 1 is 1.02 bits per heavy atom. The zero-order valence-corrected chi connectivity index (χ0v) is 28.5.